The summed E-state index contributed by atoms with van der Waals surface area (Å²) >= 11 is 6.10. The Morgan fingerprint density at radius 3 is 2.61 bits per heavy atom. The van der Waals surface area contributed by atoms with Crippen LogP contribution in [0.5, 0.6) is 5.75 Å². The standard InChI is InChI=1S/C21H25ClFN3O2/c1-15-18(22)4-3-5-19(15)24-21(27)14-26-10-8-25(9-11-26)13-16-12-17(23)6-7-20(16)28-2/h3-7,12H,8-11,13-14H2,1-2H3,(H,24,27). The topological polar surface area (TPSA) is 44.8 Å². The number of ether oxygens (including phenoxy) is 1. The van der Waals surface area contributed by atoms with Gasteiger partial charge in [-0.3, -0.25) is 14.6 Å². The molecular weight excluding hydrogens is 381 g/mol. The molecule has 0 aliphatic carbocycles. The number of hydrogen-bond donors (Lipinski definition) is 1. The summed E-state index contributed by atoms with van der Waals surface area (Å²) in [6.07, 6.45) is 0. The van der Waals surface area contributed by atoms with E-state index in [9.17, 15) is 9.18 Å². The molecule has 1 heterocycles. The van der Waals surface area contributed by atoms with Crippen LogP contribution in [0.1, 0.15) is 11.1 Å². The molecule has 1 saturated heterocycles. The molecule has 7 heteroatoms. The molecule has 150 valence electrons. The zero-order valence-electron chi connectivity index (χ0n) is 16.2. The first-order valence-electron chi connectivity index (χ1n) is 9.28. The van der Waals surface area contributed by atoms with E-state index in [0.29, 0.717) is 23.9 Å². The largest absolute Gasteiger partial charge is 0.496 e. The predicted octanol–water partition coefficient (Wildman–Crippen LogP) is 3.55. The third-order valence-electron chi connectivity index (χ3n) is 5.01. The van der Waals surface area contributed by atoms with Crippen LogP contribution in [0.4, 0.5) is 10.1 Å². The smallest absolute Gasteiger partial charge is 0.238 e. The lowest BCUT2D eigenvalue weighted by Gasteiger charge is -2.34. The number of rotatable bonds is 6. The van der Waals surface area contributed by atoms with Crippen LogP contribution in [-0.2, 0) is 11.3 Å². The van der Waals surface area contributed by atoms with E-state index in [0.717, 1.165) is 43.0 Å². The maximum absolute atomic E-state index is 13.5. The first-order valence-corrected chi connectivity index (χ1v) is 9.66. The van der Waals surface area contributed by atoms with E-state index in [1.807, 2.05) is 19.1 Å². The van der Waals surface area contributed by atoms with Crippen molar-refractivity contribution in [2.75, 3.05) is 45.2 Å². The maximum Gasteiger partial charge on any atom is 0.238 e. The highest BCUT2D eigenvalue weighted by molar-refractivity contribution is 6.31. The van der Waals surface area contributed by atoms with E-state index in [4.69, 9.17) is 16.3 Å². The van der Waals surface area contributed by atoms with Crippen molar-refractivity contribution in [3.8, 4) is 5.75 Å². The minimum atomic E-state index is -0.262. The molecule has 0 atom stereocenters. The summed E-state index contributed by atoms with van der Waals surface area (Å²) in [5.74, 6) is 0.383. The predicted molar refractivity (Wildman–Crippen MR) is 109 cm³/mol. The highest BCUT2D eigenvalue weighted by Crippen LogP contribution is 2.23. The molecule has 0 saturated carbocycles. The lowest BCUT2D eigenvalue weighted by molar-refractivity contribution is -0.117. The molecule has 0 bridgehead atoms. The highest BCUT2D eigenvalue weighted by atomic mass is 35.5. The molecule has 1 fully saturated rings. The highest BCUT2D eigenvalue weighted by Gasteiger charge is 2.20. The van der Waals surface area contributed by atoms with Gasteiger partial charge in [0.05, 0.1) is 13.7 Å². The fourth-order valence-electron chi connectivity index (χ4n) is 3.35. The van der Waals surface area contributed by atoms with Gasteiger partial charge < -0.3 is 10.1 Å². The number of benzene rings is 2. The second-order valence-electron chi connectivity index (χ2n) is 6.97. The molecule has 1 amide bonds. The Hall–Kier alpha value is -2.15. The Morgan fingerprint density at radius 1 is 1.18 bits per heavy atom. The molecule has 0 unspecified atom stereocenters. The molecule has 2 aromatic rings. The molecule has 1 aliphatic rings. The number of carbonyl (C=O) groups excluding carboxylic acids is 1. The molecule has 28 heavy (non-hydrogen) atoms. The second-order valence-corrected chi connectivity index (χ2v) is 7.38. The Balaban J connectivity index is 1.49. The van der Waals surface area contributed by atoms with Gasteiger partial charge in [-0.15, -0.1) is 0 Å². The van der Waals surface area contributed by atoms with Crippen molar-refractivity contribution < 1.29 is 13.9 Å². The van der Waals surface area contributed by atoms with E-state index >= 15 is 0 Å². The van der Waals surface area contributed by atoms with Crippen LogP contribution in [0.25, 0.3) is 0 Å². The van der Waals surface area contributed by atoms with Crippen molar-refractivity contribution in [1.29, 1.82) is 0 Å². The summed E-state index contributed by atoms with van der Waals surface area (Å²) in [7, 11) is 1.59. The Bertz CT molecular complexity index is 838. The monoisotopic (exact) mass is 405 g/mol. The number of methoxy groups -OCH3 is 1. The number of amides is 1. The van der Waals surface area contributed by atoms with Crippen LogP contribution in [0, 0.1) is 12.7 Å². The van der Waals surface area contributed by atoms with Gasteiger partial charge in [-0.2, -0.15) is 0 Å². The second kappa shape index (κ2) is 9.37. The average Bonchev–Trinajstić information content (AvgIpc) is 2.67. The number of anilines is 1. The first kappa shape index (κ1) is 20.6. The Morgan fingerprint density at radius 2 is 1.89 bits per heavy atom. The summed E-state index contributed by atoms with van der Waals surface area (Å²) in [5.41, 5.74) is 2.45. The van der Waals surface area contributed by atoms with E-state index in [1.165, 1.54) is 12.1 Å². The summed E-state index contributed by atoms with van der Waals surface area (Å²) in [4.78, 5) is 16.7. The van der Waals surface area contributed by atoms with Crippen LogP contribution in [-0.4, -0.2) is 55.5 Å². The van der Waals surface area contributed by atoms with E-state index in [2.05, 4.69) is 15.1 Å². The van der Waals surface area contributed by atoms with E-state index in [1.54, 1.807) is 19.2 Å². The van der Waals surface area contributed by atoms with Crippen LogP contribution in [0.2, 0.25) is 5.02 Å². The van der Waals surface area contributed by atoms with Gasteiger partial charge in [0.15, 0.2) is 0 Å². The Labute approximate surface area is 170 Å². The van der Waals surface area contributed by atoms with Gasteiger partial charge in [0.1, 0.15) is 11.6 Å². The first-order chi connectivity index (χ1) is 13.5. The van der Waals surface area contributed by atoms with Crippen molar-refractivity contribution in [2.24, 2.45) is 0 Å². The van der Waals surface area contributed by atoms with Crippen molar-refractivity contribution in [3.05, 3.63) is 58.4 Å². The average molecular weight is 406 g/mol. The SMILES string of the molecule is COc1ccc(F)cc1CN1CCN(CC(=O)Nc2cccc(Cl)c2C)CC1. The lowest BCUT2D eigenvalue weighted by atomic mass is 10.1. The van der Waals surface area contributed by atoms with Gasteiger partial charge in [0.2, 0.25) is 5.91 Å². The van der Waals surface area contributed by atoms with Gasteiger partial charge in [-0.05, 0) is 42.8 Å². The van der Waals surface area contributed by atoms with Gasteiger partial charge >= 0.3 is 0 Å². The van der Waals surface area contributed by atoms with Crippen molar-refractivity contribution in [1.82, 2.24) is 9.80 Å². The molecule has 1 N–H and O–H groups in total. The summed E-state index contributed by atoms with van der Waals surface area (Å²) in [6.45, 7) is 6.02. The fraction of sp³-hybridized carbons (Fsp3) is 0.381. The van der Waals surface area contributed by atoms with Crippen molar-refractivity contribution >= 4 is 23.2 Å². The molecule has 3 rings (SSSR count). The van der Waals surface area contributed by atoms with Crippen LogP contribution < -0.4 is 10.1 Å². The normalized spacial score (nSPS) is 15.4. The zero-order chi connectivity index (χ0) is 20.1. The minimum Gasteiger partial charge on any atom is -0.496 e. The van der Waals surface area contributed by atoms with E-state index in [-0.39, 0.29) is 11.7 Å². The molecule has 0 aromatic heterocycles. The van der Waals surface area contributed by atoms with Gasteiger partial charge in [0, 0.05) is 49.0 Å². The lowest BCUT2D eigenvalue weighted by Crippen LogP contribution is -2.48. The number of carbonyl (C=O) groups is 1. The van der Waals surface area contributed by atoms with Crippen LogP contribution in [0.15, 0.2) is 36.4 Å². The maximum atomic E-state index is 13.5. The van der Waals surface area contributed by atoms with Crippen molar-refractivity contribution in [3.63, 3.8) is 0 Å². The fourth-order valence-corrected chi connectivity index (χ4v) is 3.53. The number of nitrogens with one attached hydrogen (secondary N) is 1. The molecular formula is C21H25ClFN3O2. The van der Waals surface area contributed by atoms with E-state index < -0.39 is 0 Å². The minimum absolute atomic E-state index is 0.0504. The van der Waals surface area contributed by atoms with Crippen LogP contribution in [0.3, 0.4) is 0 Å². The molecule has 1 aliphatic heterocycles. The van der Waals surface area contributed by atoms with Gasteiger partial charge in [-0.1, -0.05) is 17.7 Å². The van der Waals surface area contributed by atoms with Crippen molar-refractivity contribution in [2.45, 2.75) is 13.5 Å². The number of piperazine rings is 1. The molecule has 5 nitrogen and oxygen atoms in total. The summed E-state index contributed by atoms with van der Waals surface area (Å²) in [6, 6.07) is 10.1. The summed E-state index contributed by atoms with van der Waals surface area (Å²) < 4.78 is 18.9. The van der Waals surface area contributed by atoms with Gasteiger partial charge in [0.25, 0.3) is 0 Å². The Kier molecular flexibility index (Phi) is 6.88. The number of hydrogen-bond acceptors (Lipinski definition) is 4. The number of nitrogens with zero attached hydrogens (tertiary/aromatic N) is 2. The number of halogens is 2. The zero-order valence-corrected chi connectivity index (χ0v) is 16.9. The third kappa shape index (κ3) is 5.22. The molecule has 0 radical (unpaired) electrons. The quantitative estimate of drug-likeness (QED) is 0.798. The third-order valence-corrected chi connectivity index (χ3v) is 5.42. The van der Waals surface area contributed by atoms with Crippen LogP contribution >= 0.6 is 11.6 Å². The molecule has 2 aromatic carbocycles. The van der Waals surface area contributed by atoms with Gasteiger partial charge in [-0.25, -0.2) is 4.39 Å². The molecule has 0 spiro atoms. The summed E-state index contributed by atoms with van der Waals surface area (Å²) in [5, 5.41) is 3.57.